The predicted molar refractivity (Wildman–Crippen MR) is 192 cm³/mol. The molecular weight excluding hydrogens is 649 g/mol. The lowest BCUT2D eigenvalue weighted by Gasteiger charge is -2.22. The van der Waals surface area contributed by atoms with Crippen molar-refractivity contribution in [3.63, 3.8) is 0 Å². The second-order valence-electron chi connectivity index (χ2n) is 12.7. The summed E-state index contributed by atoms with van der Waals surface area (Å²) in [6, 6.07) is 7.83. The molecule has 0 atom stereocenters. The first-order chi connectivity index (χ1) is 23.0. The van der Waals surface area contributed by atoms with Crippen molar-refractivity contribution < 1.29 is 26.4 Å². The van der Waals surface area contributed by atoms with E-state index in [1.165, 1.54) is 36.4 Å². The van der Waals surface area contributed by atoms with E-state index in [0.717, 1.165) is 90.6 Å². The monoisotopic (exact) mass is 704 g/mol. The Morgan fingerprint density at radius 1 is 0.479 bits per heavy atom. The summed E-state index contributed by atoms with van der Waals surface area (Å²) in [5, 5.41) is 0. The van der Waals surface area contributed by atoms with E-state index >= 15 is 0 Å². The number of hydrogen-bond acceptors (Lipinski definition) is 8. The number of nitrogens with one attached hydrogen (secondary N) is 2. The van der Waals surface area contributed by atoms with Gasteiger partial charge in [0.1, 0.15) is 0 Å². The Hall–Kier alpha value is -2.48. The van der Waals surface area contributed by atoms with Gasteiger partial charge < -0.3 is 9.80 Å². The van der Waals surface area contributed by atoms with Gasteiger partial charge in [-0.05, 0) is 114 Å². The van der Waals surface area contributed by atoms with Gasteiger partial charge in [-0.3, -0.25) is 9.59 Å². The Kier molecular flexibility index (Phi) is 16.3. The Balaban J connectivity index is 1.68. The molecule has 1 aliphatic rings. The average Bonchev–Trinajstić information content (AvgIpc) is 3.08. The number of hydrogen-bond donors (Lipinski definition) is 2. The third-order valence-electron chi connectivity index (χ3n) is 8.78. The maximum Gasteiger partial charge on any atom is 0.240 e. The standard InChI is InChI=1S/C36H56N4O6S2/c1-5-9-21-39(22-10-6-2)25-13-19-37-47(43,44)29-15-17-31-33(27-29)36(42)34-28-30(16-18-32(34)35(31)41)48(45,46)38-20-14-26-40(23-11-7-3)24-12-8-4/h15-18,27-28,37-38H,5-14,19-26H2,1-4H3. The molecule has 0 radical (unpaired) electrons. The second kappa shape index (κ2) is 19.6. The third kappa shape index (κ3) is 11.3. The Morgan fingerprint density at radius 3 is 1.12 bits per heavy atom. The van der Waals surface area contributed by atoms with Crippen molar-refractivity contribution in [2.24, 2.45) is 0 Å². The largest absolute Gasteiger partial charge is 0.303 e. The lowest BCUT2D eigenvalue weighted by atomic mass is 9.84. The Morgan fingerprint density at radius 2 is 0.792 bits per heavy atom. The van der Waals surface area contributed by atoms with Crippen molar-refractivity contribution in [1.29, 1.82) is 0 Å². The van der Waals surface area contributed by atoms with E-state index in [9.17, 15) is 26.4 Å². The first kappa shape index (κ1) is 40.0. The highest BCUT2D eigenvalue weighted by Gasteiger charge is 2.32. The van der Waals surface area contributed by atoms with Gasteiger partial charge in [0, 0.05) is 35.3 Å². The van der Waals surface area contributed by atoms with Gasteiger partial charge in [0.25, 0.3) is 0 Å². The van der Waals surface area contributed by atoms with Gasteiger partial charge in [0.05, 0.1) is 9.79 Å². The molecule has 3 rings (SSSR count). The Labute approximate surface area is 289 Å². The third-order valence-corrected chi connectivity index (χ3v) is 11.7. The van der Waals surface area contributed by atoms with Crippen molar-refractivity contribution in [3.8, 4) is 0 Å². The molecule has 0 spiro atoms. The number of carbonyl (C=O) groups is 2. The predicted octanol–water partition coefficient (Wildman–Crippen LogP) is 5.60. The number of nitrogens with zero attached hydrogens (tertiary/aromatic N) is 2. The molecule has 0 aromatic heterocycles. The average molecular weight is 705 g/mol. The molecule has 0 saturated carbocycles. The van der Waals surface area contributed by atoms with E-state index in [1.54, 1.807) is 0 Å². The van der Waals surface area contributed by atoms with Crippen LogP contribution in [0.2, 0.25) is 0 Å². The lowest BCUT2D eigenvalue weighted by molar-refractivity contribution is 0.0978. The molecule has 48 heavy (non-hydrogen) atoms. The molecule has 2 N–H and O–H groups in total. The summed E-state index contributed by atoms with van der Waals surface area (Å²) >= 11 is 0. The molecule has 0 fully saturated rings. The van der Waals surface area contributed by atoms with E-state index in [2.05, 4.69) is 46.9 Å². The zero-order chi connectivity index (χ0) is 35.2. The summed E-state index contributed by atoms with van der Waals surface area (Å²) in [4.78, 5) is 31.5. The quantitative estimate of drug-likeness (QED) is 0.115. The van der Waals surface area contributed by atoms with Crippen LogP contribution in [0.1, 0.15) is 124 Å². The van der Waals surface area contributed by atoms with Crippen molar-refractivity contribution in [1.82, 2.24) is 19.2 Å². The number of sulfonamides is 2. The van der Waals surface area contributed by atoms with Crippen molar-refractivity contribution in [2.45, 2.75) is 102 Å². The van der Waals surface area contributed by atoms with Crippen LogP contribution in [0.25, 0.3) is 0 Å². The summed E-state index contributed by atoms with van der Waals surface area (Å²) < 4.78 is 58.0. The van der Waals surface area contributed by atoms with E-state index in [0.29, 0.717) is 12.8 Å². The molecule has 0 aliphatic heterocycles. The molecule has 2 aromatic rings. The van der Waals surface area contributed by atoms with Crippen molar-refractivity contribution in [2.75, 3.05) is 52.4 Å². The summed E-state index contributed by atoms with van der Waals surface area (Å²) in [6.07, 6.45) is 10.1. The van der Waals surface area contributed by atoms with Crippen molar-refractivity contribution >= 4 is 31.6 Å². The fraction of sp³-hybridized carbons (Fsp3) is 0.611. The molecule has 0 saturated heterocycles. The van der Waals surface area contributed by atoms with Crippen molar-refractivity contribution in [3.05, 3.63) is 58.7 Å². The first-order valence-electron chi connectivity index (χ1n) is 17.8. The van der Waals surface area contributed by atoms with Gasteiger partial charge in [0.15, 0.2) is 11.6 Å². The first-order valence-corrected chi connectivity index (χ1v) is 20.8. The summed E-state index contributed by atoms with van der Waals surface area (Å²) in [7, 11) is -7.89. The molecule has 0 amide bonds. The molecule has 0 heterocycles. The number of carbonyl (C=O) groups excluding carboxylic acids is 2. The molecule has 0 bridgehead atoms. The van der Waals surface area contributed by atoms with Crippen LogP contribution < -0.4 is 9.44 Å². The molecule has 10 nitrogen and oxygen atoms in total. The van der Waals surface area contributed by atoms with Gasteiger partial charge in [0.2, 0.25) is 20.0 Å². The van der Waals surface area contributed by atoms with Crippen LogP contribution in [-0.4, -0.2) is 90.6 Å². The molecule has 268 valence electrons. The van der Waals surface area contributed by atoms with Crippen LogP contribution in [0.15, 0.2) is 46.2 Å². The highest BCUT2D eigenvalue weighted by Crippen LogP contribution is 2.30. The fourth-order valence-corrected chi connectivity index (χ4v) is 8.03. The van der Waals surface area contributed by atoms with E-state index in [1.807, 2.05) is 0 Å². The van der Waals surface area contributed by atoms with Crippen LogP contribution in [0.3, 0.4) is 0 Å². The minimum atomic E-state index is -3.95. The van der Waals surface area contributed by atoms with Gasteiger partial charge in [-0.2, -0.15) is 0 Å². The summed E-state index contributed by atoms with van der Waals surface area (Å²) in [5.41, 5.74) is 0.0848. The number of rotatable bonds is 24. The van der Waals surface area contributed by atoms with E-state index in [-0.39, 0.29) is 45.1 Å². The maximum atomic E-state index is 13.6. The highest BCUT2D eigenvalue weighted by atomic mass is 32.2. The highest BCUT2D eigenvalue weighted by molar-refractivity contribution is 7.89. The SMILES string of the molecule is CCCCN(CCCC)CCCNS(=O)(=O)c1ccc2c(c1)C(=O)c1cc(S(=O)(=O)NCCCN(CCCC)CCCC)ccc1C2=O. The molecule has 0 unspecified atom stereocenters. The van der Waals surface area contributed by atoms with Gasteiger partial charge in [-0.1, -0.05) is 53.4 Å². The number of unbranched alkanes of at least 4 members (excludes halogenated alkanes) is 4. The van der Waals surface area contributed by atoms with E-state index < -0.39 is 31.6 Å². The molecule has 2 aromatic carbocycles. The topological polar surface area (TPSA) is 133 Å². The molecule has 1 aliphatic carbocycles. The van der Waals surface area contributed by atoms with Crippen LogP contribution in [-0.2, 0) is 20.0 Å². The number of benzene rings is 2. The minimum absolute atomic E-state index is 0.0533. The van der Waals surface area contributed by atoms with Crippen LogP contribution in [0.4, 0.5) is 0 Å². The maximum absolute atomic E-state index is 13.6. The zero-order valence-corrected chi connectivity index (χ0v) is 31.0. The van der Waals surface area contributed by atoms with Crippen LogP contribution >= 0.6 is 0 Å². The van der Waals surface area contributed by atoms with Crippen LogP contribution in [0.5, 0.6) is 0 Å². The Bertz CT molecular complexity index is 1450. The second-order valence-corrected chi connectivity index (χ2v) is 16.2. The molecular formula is C36H56N4O6S2. The number of fused-ring (bicyclic) bond motifs is 2. The van der Waals surface area contributed by atoms with Crippen LogP contribution in [0, 0.1) is 0 Å². The number of ketones is 2. The van der Waals surface area contributed by atoms with E-state index in [4.69, 9.17) is 0 Å². The van der Waals surface area contributed by atoms with Gasteiger partial charge in [-0.25, -0.2) is 26.3 Å². The summed E-state index contributed by atoms with van der Waals surface area (Å²) in [5.74, 6) is -1.04. The lowest BCUT2D eigenvalue weighted by Crippen LogP contribution is -2.32. The van der Waals surface area contributed by atoms with Gasteiger partial charge >= 0.3 is 0 Å². The minimum Gasteiger partial charge on any atom is -0.303 e. The molecule has 12 heteroatoms. The van der Waals surface area contributed by atoms with Gasteiger partial charge in [-0.15, -0.1) is 0 Å². The normalized spacial score (nSPS) is 13.4. The smallest absolute Gasteiger partial charge is 0.240 e. The summed E-state index contributed by atoms with van der Waals surface area (Å²) in [6.45, 7) is 14.6. The zero-order valence-electron chi connectivity index (χ0n) is 29.4. The fourth-order valence-electron chi connectivity index (χ4n) is 5.83.